The molecule has 1 atom stereocenters. The maximum atomic E-state index is 12.9. The van der Waals surface area contributed by atoms with Gasteiger partial charge in [0.15, 0.2) is 0 Å². The van der Waals surface area contributed by atoms with Crippen molar-refractivity contribution < 1.29 is 24.3 Å². The molecular weight excluding hydrogens is 350 g/mol. The lowest BCUT2D eigenvalue weighted by Crippen LogP contribution is -2.51. The predicted molar refractivity (Wildman–Crippen MR) is 98.9 cm³/mol. The van der Waals surface area contributed by atoms with E-state index in [0.717, 1.165) is 29.1 Å². The lowest BCUT2D eigenvalue weighted by atomic mass is 9.65. The first kappa shape index (κ1) is 21.2. The van der Waals surface area contributed by atoms with E-state index in [9.17, 15) is 19.2 Å². The molecule has 1 spiro atoms. The first-order valence-electron chi connectivity index (χ1n) is 9.58. The fourth-order valence-corrected chi connectivity index (χ4v) is 3.97. The van der Waals surface area contributed by atoms with Gasteiger partial charge in [0.05, 0.1) is 0 Å². The normalized spacial score (nSPS) is 26.9. The number of carbonyl (C=O) groups is 4. The van der Waals surface area contributed by atoms with Gasteiger partial charge in [-0.25, -0.2) is 9.59 Å². The Morgan fingerprint density at radius 2 is 1.89 bits per heavy atom. The summed E-state index contributed by atoms with van der Waals surface area (Å²) in [5, 5.41) is 11.8. The zero-order valence-corrected chi connectivity index (χ0v) is 16.9. The highest BCUT2D eigenvalue weighted by atomic mass is 16.4. The summed E-state index contributed by atoms with van der Waals surface area (Å²) in [5.74, 6) is -1.59. The fraction of sp³-hybridized carbons (Fsp3) is 0.789. The van der Waals surface area contributed by atoms with Gasteiger partial charge in [0.25, 0.3) is 5.91 Å². The zero-order valence-electron chi connectivity index (χ0n) is 16.9. The van der Waals surface area contributed by atoms with Gasteiger partial charge in [-0.15, -0.1) is 0 Å². The van der Waals surface area contributed by atoms with Gasteiger partial charge in [-0.1, -0.05) is 27.2 Å². The van der Waals surface area contributed by atoms with Crippen LogP contribution in [0.25, 0.3) is 0 Å². The summed E-state index contributed by atoms with van der Waals surface area (Å²) in [6.07, 6.45) is 3.89. The van der Waals surface area contributed by atoms with Crippen molar-refractivity contribution in [3.8, 4) is 0 Å². The first-order valence-corrected chi connectivity index (χ1v) is 9.58. The van der Waals surface area contributed by atoms with Crippen molar-refractivity contribution in [1.82, 2.24) is 15.1 Å². The first-order chi connectivity index (χ1) is 12.4. The number of carboxylic acids is 1. The monoisotopic (exact) mass is 381 g/mol. The van der Waals surface area contributed by atoms with Crippen molar-refractivity contribution >= 4 is 23.8 Å². The summed E-state index contributed by atoms with van der Waals surface area (Å²) < 4.78 is 0. The van der Waals surface area contributed by atoms with Crippen molar-refractivity contribution in [2.75, 3.05) is 13.6 Å². The molecule has 0 bridgehead atoms. The highest BCUT2D eigenvalue weighted by molar-refractivity contribution is 6.09. The molecule has 2 N–H and O–H groups in total. The Balaban J connectivity index is 2.05. The van der Waals surface area contributed by atoms with Crippen LogP contribution in [0.3, 0.4) is 0 Å². The highest BCUT2D eigenvalue weighted by Crippen LogP contribution is 2.45. The molecule has 4 amide bonds. The van der Waals surface area contributed by atoms with E-state index in [1.165, 1.54) is 14.0 Å². The van der Waals surface area contributed by atoms with Crippen molar-refractivity contribution in [3.05, 3.63) is 0 Å². The van der Waals surface area contributed by atoms with Crippen LogP contribution < -0.4 is 5.32 Å². The number of nitrogens with one attached hydrogen (secondary N) is 1. The molecule has 0 radical (unpaired) electrons. The molecule has 2 fully saturated rings. The third-order valence-electron chi connectivity index (χ3n) is 6.73. The molecule has 1 saturated carbocycles. The van der Waals surface area contributed by atoms with Gasteiger partial charge in [-0.05, 0) is 43.9 Å². The average Bonchev–Trinajstić information content (AvgIpc) is 2.84. The number of amides is 4. The van der Waals surface area contributed by atoms with Crippen molar-refractivity contribution in [2.45, 2.75) is 71.4 Å². The van der Waals surface area contributed by atoms with E-state index in [1.54, 1.807) is 0 Å². The largest absolute Gasteiger partial charge is 0.480 e. The number of hydrogen-bond donors (Lipinski definition) is 2. The molecule has 1 heterocycles. The second-order valence-corrected chi connectivity index (χ2v) is 8.54. The minimum atomic E-state index is -1.14. The molecule has 1 saturated heterocycles. The van der Waals surface area contributed by atoms with Crippen molar-refractivity contribution in [3.63, 3.8) is 0 Å². The lowest BCUT2D eigenvalue weighted by Gasteiger charge is -2.42. The molecule has 152 valence electrons. The van der Waals surface area contributed by atoms with Crippen LogP contribution in [0.4, 0.5) is 4.79 Å². The molecular formula is C19H31N3O5. The molecule has 0 aromatic carbocycles. The van der Waals surface area contributed by atoms with E-state index in [4.69, 9.17) is 5.11 Å². The molecule has 1 unspecified atom stereocenters. The van der Waals surface area contributed by atoms with Crippen molar-refractivity contribution in [2.24, 2.45) is 11.3 Å². The maximum Gasteiger partial charge on any atom is 0.326 e. The Labute approximate surface area is 160 Å². The van der Waals surface area contributed by atoms with Gasteiger partial charge in [0, 0.05) is 7.05 Å². The summed E-state index contributed by atoms with van der Waals surface area (Å²) in [5.41, 5.74) is -0.729. The van der Waals surface area contributed by atoms with Gasteiger partial charge in [0.1, 0.15) is 18.1 Å². The summed E-state index contributed by atoms with van der Waals surface area (Å²) in [6, 6.07) is -1.60. The molecule has 1 aliphatic heterocycles. The minimum Gasteiger partial charge on any atom is -0.480 e. The number of carbonyl (C=O) groups excluding carboxylic acids is 3. The molecule has 8 nitrogen and oxygen atoms in total. The molecule has 2 aliphatic rings. The fourth-order valence-electron chi connectivity index (χ4n) is 3.97. The lowest BCUT2D eigenvalue weighted by molar-refractivity contribution is -0.149. The van der Waals surface area contributed by atoms with Gasteiger partial charge in [0.2, 0.25) is 5.91 Å². The second-order valence-electron chi connectivity index (χ2n) is 8.54. The summed E-state index contributed by atoms with van der Waals surface area (Å²) >= 11 is 0. The predicted octanol–water partition coefficient (Wildman–Crippen LogP) is 1.83. The summed E-state index contributed by atoms with van der Waals surface area (Å²) in [6.45, 7) is 7.56. The highest BCUT2D eigenvalue weighted by Gasteiger charge is 2.54. The SMILES string of the molecule is CCC(C)(C)C1CCC2(CC1)NC(=O)N(CC(=O)N(C)C(C)C(=O)O)C2=O. The number of urea groups is 1. The van der Waals surface area contributed by atoms with E-state index in [2.05, 4.69) is 26.1 Å². The topological polar surface area (TPSA) is 107 Å². The molecule has 0 aromatic heterocycles. The number of rotatable bonds is 6. The van der Waals surface area contributed by atoms with Crippen LogP contribution in [-0.4, -0.2) is 63.9 Å². The van der Waals surface area contributed by atoms with Gasteiger partial charge >= 0.3 is 12.0 Å². The molecule has 27 heavy (non-hydrogen) atoms. The van der Waals surface area contributed by atoms with Crippen molar-refractivity contribution in [1.29, 1.82) is 0 Å². The maximum absolute atomic E-state index is 12.9. The van der Waals surface area contributed by atoms with E-state index in [-0.39, 0.29) is 11.3 Å². The van der Waals surface area contributed by atoms with E-state index in [1.807, 2.05) is 0 Å². The number of likely N-dealkylation sites (N-methyl/N-ethyl adjacent to an activating group) is 1. The third kappa shape index (κ3) is 3.94. The summed E-state index contributed by atoms with van der Waals surface area (Å²) in [4.78, 5) is 50.6. The number of aliphatic carboxylic acids is 1. The van der Waals surface area contributed by atoms with Crippen LogP contribution in [0.2, 0.25) is 0 Å². The standard InChI is InChI=1S/C19H31N3O5/c1-6-18(3,4)13-7-9-19(10-8-13)16(26)22(17(27)20-19)11-14(23)21(5)12(2)15(24)25/h12-13H,6-11H2,1-5H3,(H,20,27)(H,24,25). The van der Waals surface area contributed by atoms with Crippen LogP contribution >= 0.6 is 0 Å². The Bertz CT molecular complexity index is 637. The minimum absolute atomic E-state index is 0.193. The Morgan fingerprint density at radius 3 is 2.37 bits per heavy atom. The average molecular weight is 381 g/mol. The van der Waals surface area contributed by atoms with Crippen LogP contribution in [0.1, 0.15) is 59.8 Å². The smallest absolute Gasteiger partial charge is 0.326 e. The molecule has 8 heteroatoms. The Kier molecular flexibility index (Phi) is 5.87. The van der Waals surface area contributed by atoms with Gasteiger partial charge in [-0.3, -0.25) is 14.5 Å². The Hall–Kier alpha value is -2.12. The van der Waals surface area contributed by atoms with E-state index < -0.39 is 36.0 Å². The zero-order chi connectivity index (χ0) is 20.6. The van der Waals surface area contributed by atoms with Gasteiger partial charge < -0.3 is 15.3 Å². The molecule has 1 aliphatic carbocycles. The summed E-state index contributed by atoms with van der Waals surface area (Å²) in [7, 11) is 1.35. The quantitative estimate of drug-likeness (QED) is 0.683. The third-order valence-corrected chi connectivity index (χ3v) is 6.73. The number of carboxylic acid groups (broad SMARTS) is 1. The second kappa shape index (κ2) is 7.48. The van der Waals surface area contributed by atoms with Gasteiger partial charge in [-0.2, -0.15) is 0 Å². The van der Waals surface area contributed by atoms with Crippen LogP contribution in [-0.2, 0) is 14.4 Å². The van der Waals surface area contributed by atoms with Crippen LogP contribution in [0.5, 0.6) is 0 Å². The van der Waals surface area contributed by atoms with Crippen LogP contribution in [0.15, 0.2) is 0 Å². The van der Waals surface area contributed by atoms with E-state index in [0.29, 0.717) is 18.8 Å². The number of nitrogens with zero attached hydrogens (tertiary/aromatic N) is 2. The van der Waals surface area contributed by atoms with E-state index >= 15 is 0 Å². The number of hydrogen-bond acceptors (Lipinski definition) is 4. The molecule has 0 aromatic rings. The Morgan fingerprint density at radius 1 is 1.33 bits per heavy atom. The molecule has 2 rings (SSSR count). The van der Waals surface area contributed by atoms with Crippen LogP contribution in [0, 0.1) is 11.3 Å². The number of imide groups is 1.